The van der Waals surface area contributed by atoms with Crippen LogP contribution in [0.2, 0.25) is 0 Å². The zero-order valence-electron chi connectivity index (χ0n) is 17.2. The molecule has 29 heavy (non-hydrogen) atoms. The number of amides is 1. The average Bonchev–Trinajstić information content (AvgIpc) is 2.71. The van der Waals surface area contributed by atoms with Crippen LogP contribution in [0.3, 0.4) is 0 Å². The van der Waals surface area contributed by atoms with Gasteiger partial charge in [-0.1, -0.05) is 30.3 Å². The second kappa shape index (κ2) is 9.19. The molecule has 0 radical (unpaired) electrons. The molecule has 0 bridgehead atoms. The van der Waals surface area contributed by atoms with E-state index in [0.717, 1.165) is 28.3 Å². The van der Waals surface area contributed by atoms with Crippen LogP contribution in [0.15, 0.2) is 48.5 Å². The quantitative estimate of drug-likeness (QED) is 0.634. The van der Waals surface area contributed by atoms with Gasteiger partial charge in [0.25, 0.3) is 5.91 Å². The number of rotatable bonds is 7. The lowest BCUT2D eigenvalue weighted by Gasteiger charge is -2.12. The van der Waals surface area contributed by atoms with E-state index in [1.54, 1.807) is 13.2 Å². The molecule has 150 valence electrons. The van der Waals surface area contributed by atoms with Crippen LogP contribution in [0.5, 0.6) is 5.75 Å². The minimum Gasteiger partial charge on any atom is -0.496 e. The van der Waals surface area contributed by atoms with E-state index in [1.807, 2.05) is 50.2 Å². The molecule has 1 aromatic heterocycles. The van der Waals surface area contributed by atoms with Crippen LogP contribution in [-0.4, -0.2) is 29.5 Å². The Morgan fingerprint density at radius 3 is 2.62 bits per heavy atom. The lowest BCUT2D eigenvalue weighted by molar-refractivity contribution is 0.0949. The van der Waals surface area contributed by atoms with Crippen molar-refractivity contribution < 1.29 is 9.53 Å². The number of carbonyl (C=O) groups is 1. The Balaban J connectivity index is 1.68. The molecule has 0 fully saturated rings. The van der Waals surface area contributed by atoms with Crippen molar-refractivity contribution in [2.75, 3.05) is 19.0 Å². The molecule has 0 aliphatic carbocycles. The van der Waals surface area contributed by atoms with Gasteiger partial charge in [-0.15, -0.1) is 0 Å². The van der Waals surface area contributed by atoms with Gasteiger partial charge >= 0.3 is 0 Å². The first-order valence-electron chi connectivity index (χ1n) is 9.57. The Bertz CT molecular complexity index is 1020. The molecule has 3 rings (SSSR count). The van der Waals surface area contributed by atoms with Gasteiger partial charge in [-0.05, 0) is 62.1 Å². The normalized spacial score (nSPS) is 10.5. The topological polar surface area (TPSA) is 76.1 Å². The number of nitrogens with one attached hydrogen (secondary N) is 2. The fraction of sp³-hybridized carbons (Fsp3) is 0.261. The summed E-state index contributed by atoms with van der Waals surface area (Å²) >= 11 is 0. The number of para-hydroxylation sites is 1. The highest BCUT2D eigenvalue weighted by molar-refractivity contribution is 5.92. The number of methoxy groups -OCH3 is 1. The Kier molecular flexibility index (Phi) is 6.44. The molecule has 2 aromatic carbocycles. The third-order valence-corrected chi connectivity index (χ3v) is 4.81. The van der Waals surface area contributed by atoms with Gasteiger partial charge in [0.2, 0.25) is 5.95 Å². The highest BCUT2D eigenvalue weighted by atomic mass is 16.5. The van der Waals surface area contributed by atoms with E-state index in [9.17, 15) is 4.79 Å². The number of ether oxygens (including phenoxy) is 1. The molecule has 0 spiro atoms. The van der Waals surface area contributed by atoms with E-state index in [1.165, 1.54) is 5.56 Å². The summed E-state index contributed by atoms with van der Waals surface area (Å²) < 4.78 is 5.35. The van der Waals surface area contributed by atoms with Gasteiger partial charge in [0, 0.05) is 17.9 Å². The molecule has 6 heteroatoms. The number of anilines is 2. The zero-order valence-corrected chi connectivity index (χ0v) is 17.2. The fourth-order valence-corrected chi connectivity index (χ4v) is 3.06. The SMILES string of the molecule is COc1ccccc1CCNC(=O)c1cc(C)nc(Nc2cccc(C)c2C)n1. The van der Waals surface area contributed by atoms with Crippen molar-refractivity contribution in [3.63, 3.8) is 0 Å². The van der Waals surface area contributed by atoms with E-state index < -0.39 is 0 Å². The predicted octanol–water partition coefficient (Wildman–Crippen LogP) is 4.13. The van der Waals surface area contributed by atoms with E-state index in [0.29, 0.717) is 24.6 Å². The van der Waals surface area contributed by atoms with Crippen molar-refractivity contribution in [1.29, 1.82) is 0 Å². The van der Waals surface area contributed by atoms with Crippen LogP contribution in [0.4, 0.5) is 11.6 Å². The third-order valence-electron chi connectivity index (χ3n) is 4.81. The van der Waals surface area contributed by atoms with Crippen LogP contribution in [0.25, 0.3) is 0 Å². The van der Waals surface area contributed by atoms with Gasteiger partial charge in [0.05, 0.1) is 7.11 Å². The van der Waals surface area contributed by atoms with Gasteiger partial charge in [-0.2, -0.15) is 0 Å². The van der Waals surface area contributed by atoms with Gasteiger partial charge in [-0.3, -0.25) is 4.79 Å². The lowest BCUT2D eigenvalue weighted by atomic mass is 10.1. The first kappa shape index (κ1) is 20.3. The number of carbonyl (C=O) groups excluding carboxylic acids is 1. The van der Waals surface area contributed by atoms with E-state index in [-0.39, 0.29) is 5.91 Å². The van der Waals surface area contributed by atoms with E-state index in [2.05, 4.69) is 33.6 Å². The van der Waals surface area contributed by atoms with Gasteiger partial charge in [-0.25, -0.2) is 9.97 Å². The van der Waals surface area contributed by atoms with Crippen molar-refractivity contribution >= 4 is 17.5 Å². The molecule has 2 N–H and O–H groups in total. The Labute approximate surface area is 171 Å². The van der Waals surface area contributed by atoms with Crippen molar-refractivity contribution in [2.45, 2.75) is 27.2 Å². The van der Waals surface area contributed by atoms with Crippen LogP contribution >= 0.6 is 0 Å². The summed E-state index contributed by atoms with van der Waals surface area (Å²) in [6.45, 7) is 6.43. The minimum atomic E-state index is -0.227. The molecule has 0 atom stereocenters. The second-order valence-electron chi connectivity index (χ2n) is 6.91. The summed E-state index contributed by atoms with van der Waals surface area (Å²) in [6, 6.07) is 15.5. The standard InChI is InChI=1S/C23H26N4O2/c1-15-8-7-10-19(17(15)3)26-23-25-16(2)14-20(27-23)22(28)24-13-12-18-9-5-6-11-21(18)29-4/h5-11,14H,12-13H2,1-4H3,(H,24,28)(H,25,26,27). The molecule has 0 aliphatic rings. The predicted molar refractivity (Wildman–Crippen MR) is 115 cm³/mol. The van der Waals surface area contributed by atoms with Gasteiger partial charge in [0.15, 0.2) is 0 Å². The summed E-state index contributed by atoms with van der Waals surface area (Å²) in [7, 11) is 1.64. The summed E-state index contributed by atoms with van der Waals surface area (Å²) in [4.78, 5) is 21.4. The van der Waals surface area contributed by atoms with Crippen molar-refractivity contribution in [3.05, 3.63) is 76.6 Å². The molecule has 3 aromatic rings. The van der Waals surface area contributed by atoms with Crippen molar-refractivity contribution in [3.8, 4) is 5.75 Å². The molecule has 0 aliphatic heterocycles. The maximum absolute atomic E-state index is 12.6. The van der Waals surface area contributed by atoms with Crippen molar-refractivity contribution in [2.24, 2.45) is 0 Å². The fourth-order valence-electron chi connectivity index (χ4n) is 3.06. The summed E-state index contributed by atoms with van der Waals surface area (Å²) in [5.74, 6) is 1.00. The number of hydrogen-bond donors (Lipinski definition) is 2. The molecular formula is C23H26N4O2. The molecule has 0 saturated carbocycles. The average molecular weight is 390 g/mol. The Hall–Kier alpha value is -3.41. The molecule has 1 amide bonds. The summed E-state index contributed by atoms with van der Waals surface area (Å²) in [5.41, 5.74) is 5.34. The first-order chi connectivity index (χ1) is 14.0. The minimum absolute atomic E-state index is 0.227. The zero-order chi connectivity index (χ0) is 20.8. The number of aromatic nitrogens is 2. The number of aryl methyl sites for hydroxylation is 2. The first-order valence-corrected chi connectivity index (χ1v) is 9.57. The van der Waals surface area contributed by atoms with Crippen LogP contribution in [0, 0.1) is 20.8 Å². The number of nitrogens with zero attached hydrogens (tertiary/aromatic N) is 2. The van der Waals surface area contributed by atoms with Gasteiger partial charge in [0.1, 0.15) is 11.4 Å². The molecule has 1 heterocycles. The largest absolute Gasteiger partial charge is 0.496 e. The summed E-state index contributed by atoms with van der Waals surface area (Å²) in [5, 5.41) is 6.15. The van der Waals surface area contributed by atoms with Crippen LogP contribution in [0.1, 0.15) is 32.9 Å². The maximum atomic E-state index is 12.6. The monoisotopic (exact) mass is 390 g/mol. The second-order valence-corrected chi connectivity index (χ2v) is 6.91. The Morgan fingerprint density at radius 1 is 1.03 bits per heavy atom. The van der Waals surface area contributed by atoms with Crippen LogP contribution < -0.4 is 15.4 Å². The van der Waals surface area contributed by atoms with Crippen LogP contribution in [-0.2, 0) is 6.42 Å². The maximum Gasteiger partial charge on any atom is 0.270 e. The highest BCUT2D eigenvalue weighted by Crippen LogP contribution is 2.21. The number of benzene rings is 2. The number of hydrogen-bond acceptors (Lipinski definition) is 5. The van der Waals surface area contributed by atoms with E-state index in [4.69, 9.17) is 4.74 Å². The highest BCUT2D eigenvalue weighted by Gasteiger charge is 2.12. The summed E-state index contributed by atoms with van der Waals surface area (Å²) in [6.07, 6.45) is 0.674. The van der Waals surface area contributed by atoms with Gasteiger partial charge < -0.3 is 15.4 Å². The molecule has 0 unspecified atom stereocenters. The third kappa shape index (κ3) is 5.10. The van der Waals surface area contributed by atoms with E-state index >= 15 is 0 Å². The molecular weight excluding hydrogens is 364 g/mol. The lowest BCUT2D eigenvalue weighted by Crippen LogP contribution is -2.27. The van der Waals surface area contributed by atoms with Crippen molar-refractivity contribution in [1.82, 2.24) is 15.3 Å². The molecule has 6 nitrogen and oxygen atoms in total. The molecule has 0 saturated heterocycles. The smallest absolute Gasteiger partial charge is 0.270 e. The Morgan fingerprint density at radius 2 is 1.83 bits per heavy atom.